The molecule has 0 atom stereocenters. The molecule has 0 heterocycles. The van der Waals surface area contributed by atoms with Crippen LogP contribution in [0.5, 0.6) is 0 Å². The Morgan fingerprint density at radius 2 is 0.709 bits per heavy atom. The monoisotopic (exact) mass is 694 g/mol. The summed E-state index contributed by atoms with van der Waals surface area (Å²) >= 11 is 0. The molecule has 0 fully saturated rings. The molecule has 0 amide bonds. The highest BCUT2D eigenvalue weighted by Gasteiger charge is 2.35. The molecule has 8 aromatic rings. The first-order valence-corrected chi connectivity index (χ1v) is 19.9. The second kappa shape index (κ2) is 12.9. The third-order valence-electron chi connectivity index (χ3n) is 13.7. The van der Waals surface area contributed by atoms with Crippen LogP contribution in [0.2, 0.25) is 0 Å². The van der Waals surface area contributed by atoms with Gasteiger partial charge >= 0.3 is 0 Å². The molecule has 254 valence electrons. The van der Waals surface area contributed by atoms with Crippen molar-refractivity contribution in [2.75, 3.05) is 0 Å². The molecule has 9 rings (SSSR count). The summed E-state index contributed by atoms with van der Waals surface area (Å²) in [6, 6.07) is 45.5. The average Bonchev–Trinajstić information content (AvgIpc) is 3.45. The lowest BCUT2D eigenvalue weighted by Gasteiger charge is -2.28. The van der Waals surface area contributed by atoms with Crippen molar-refractivity contribution in [3.05, 3.63) is 132 Å². The van der Waals surface area contributed by atoms with Crippen molar-refractivity contribution >= 4 is 128 Å². The van der Waals surface area contributed by atoms with Crippen LogP contribution in [0.3, 0.4) is 0 Å². The third kappa shape index (κ3) is 5.24. The molecule has 0 bridgehead atoms. The van der Waals surface area contributed by atoms with E-state index in [-0.39, 0.29) is 5.41 Å². The maximum Gasteiger partial charge on any atom is 0.139 e. The SMILES string of the molecule is Bc1c(B)c(B)c2c(-c3cccc(-c4ccc5c(c4)C(C)(C)c4ccccc4-5)c3)c3c(B)c(B)c(B)c(B)c3c(-c3ccc(-c4ccccc4)cc3)c2c1B. The molecule has 0 aliphatic heterocycles. The van der Waals surface area contributed by atoms with Crippen LogP contribution in [0.1, 0.15) is 25.0 Å². The van der Waals surface area contributed by atoms with Crippen LogP contribution in [0.4, 0.5) is 0 Å². The lowest BCUT2D eigenvalue weighted by atomic mass is 9.59. The molecule has 0 N–H and O–H groups in total. The Morgan fingerprint density at radius 3 is 1.29 bits per heavy atom. The molecule has 0 unspecified atom stereocenters. The molecule has 0 saturated carbocycles. The van der Waals surface area contributed by atoms with Gasteiger partial charge in [-0.15, -0.1) is 21.9 Å². The summed E-state index contributed by atoms with van der Waals surface area (Å²) in [5.41, 5.74) is 26.8. The van der Waals surface area contributed by atoms with E-state index in [0.717, 1.165) is 0 Å². The summed E-state index contributed by atoms with van der Waals surface area (Å²) < 4.78 is 0. The van der Waals surface area contributed by atoms with Gasteiger partial charge in [0.2, 0.25) is 0 Å². The van der Waals surface area contributed by atoms with Crippen molar-refractivity contribution in [1.29, 1.82) is 0 Å². The van der Waals surface area contributed by atoms with Crippen LogP contribution in [0.15, 0.2) is 121 Å². The topological polar surface area (TPSA) is 0 Å². The zero-order valence-electron chi connectivity index (χ0n) is 34.0. The van der Waals surface area contributed by atoms with Gasteiger partial charge in [0.05, 0.1) is 0 Å². The highest BCUT2D eigenvalue weighted by Crippen LogP contribution is 2.50. The number of hydrogen-bond donors (Lipinski definition) is 0. The molecule has 55 heavy (non-hydrogen) atoms. The minimum atomic E-state index is -0.0465. The van der Waals surface area contributed by atoms with E-state index >= 15 is 0 Å². The van der Waals surface area contributed by atoms with Gasteiger partial charge in [0.1, 0.15) is 62.8 Å². The van der Waals surface area contributed by atoms with Crippen molar-refractivity contribution in [2.24, 2.45) is 0 Å². The summed E-state index contributed by atoms with van der Waals surface area (Å²) in [5, 5.41) is 5.51. The molecule has 0 spiro atoms. The van der Waals surface area contributed by atoms with E-state index < -0.39 is 0 Å². The number of rotatable bonds is 4. The molecule has 1 aliphatic carbocycles. The first-order chi connectivity index (χ1) is 26.4. The van der Waals surface area contributed by atoms with Gasteiger partial charge in [0.15, 0.2) is 0 Å². The lowest BCUT2D eigenvalue weighted by Crippen LogP contribution is -2.50. The molecular formula is C47H42B8. The van der Waals surface area contributed by atoms with Crippen LogP contribution in [-0.2, 0) is 5.41 Å². The summed E-state index contributed by atoms with van der Waals surface area (Å²) in [6.07, 6.45) is 0. The van der Waals surface area contributed by atoms with Gasteiger partial charge in [-0.3, -0.25) is 0 Å². The summed E-state index contributed by atoms with van der Waals surface area (Å²) in [6.45, 7) is 4.75. The van der Waals surface area contributed by atoms with Gasteiger partial charge in [-0.25, -0.2) is 0 Å². The van der Waals surface area contributed by atoms with Crippen molar-refractivity contribution in [2.45, 2.75) is 19.3 Å². The van der Waals surface area contributed by atoms with Gasteiger partial charge < -0.3 is 0 Å². The average molecular weight is 693 g/mol. The summed E-state index contributed by atoms with van der Waals surface area (Å²) in [4.78, 5) is 0. The second-order valence-corrected chi connectivity index (χ2v) is 16.7. The van der Waals surface area contributed by atoms with E-state index in [9.17, 15) is 0 Å². The Bertz CT molecular complexity index is 2830. The molecule has 0 aromatic heterocycles. The van der Waals surface area contributed by atoms with Gasteiger partial charge in [0, 0.05) is 5.41 Å². The van der Waals surface area contributed by atoms with E-state index in [1.165, 1.54) is 132 Å². The van der Waals surface area contributed by atoms with Crippen molar-refractivity contribution in [3.63, 3.8) is 0 Å². The van der Waals surface area contributed by atoms with Gasteiger partial charge in [-0.2, -0.15) is 0 Å². The van der Waals surface area contributed by atoms with Crippen LogP contribution < -0.4 is 43.7 Å². The Balaban J connectivity index is 1.35. The quantitative estimate of drug-likeness (QED) is 0.165. The molecule has 8 aromatic carbocycles. The number of hydrogen-bond acceptors (Lipinski definition) is 0. The zero-order chi connectivity index (χ0) is 38.5. The van der Waals surface area contributed by atoms with E-state index in [4.69, 9.17) is 0 Å². The molecule has 1 aliphatic rings. The molecule has 0 nitrogen and oxygen atoms in total. The third-order valence-corrected chi connectivity index (χ3v) is 13.7. The normalized spacial score (nSPS) is 12.9. The fourth-order valence-electron chi connectivity index (χ4n) is 9.90. The van der Waals surface area contributed by atoms with Crippen molar-refractivity contribution < 1.29 is 0 Å². The Kier molecular flexibility index (Phi) is 8.36. The highest BCUT2D eigenvalue weighted by atomic mass is 14.4. The Morgan fingerprint density at radius 1 is 0.309 bits per heavy atom. The maximum atomic E-state index is 2.47. The number of benzene rings is 8. The minimum Gasteiger partial charge on any atom is -0.101 e. The standard InChI is InChI=1S/C47H42B8/c1-47(2)31-14-7-6-13-29(31)30-20-19-27(22-32(30)47)26-11-8-12-28(21-26)34-37-35(39(48)43(52)45(54)41(37)50)33(36-38(34)42(51)46(55)44(53)40(36)49)25-17-15-24(16-18-25)23-9-4-3-5-10-23/h3-22H,48-55H2,1-2H3. The zero-order valence-corrected chi connectivity index (χ0v) is 34.0. The summed E-state index contributed by atoms with van der Waals surface area (Å²) in [7, 11) is 18.7. The van der Waals surface area contributed by atoms with Crippen molar-refractivity contribution in [1.82, 2.24) is 0 Å². The lowest BCUT2D eigenvalue weighted by molar-refractivity contribution is 0.660. The largest absolute Gasteiger partial charge is 0.139 e. The predicted molar refractivity (Wildman–Crippen MR) is 266 cm³/mol. The number of fused-ring (bicyclic) bond motifs is 5. The molecule has 0 radical (unpaired) electrons. The Hall–Kier alpha value is -5.20. The van der Waals surface area contributed by atoms with Gasteiger partial charge in [-0.1, -0.05) is 145 Å². The molecular weight excluding hydrogens is 651 g/mol. The first-order valence-electron chi connectivity index (χ1n) is 19.9. The molecule has 8 heteroatoms. The second-order valence-electron chi connectivity index (χ2n) is 16.7. The van der Waals surface area contributed by atoms with E-state index in [2.05, 4.69) is 198 Å². The summed E-state index contributed by atoms with van der Waals surface area (Å²) in [5.74, 6) is 0. The minimum absolute atomic E-state index is 0.0465. The van der Waals surface area contributed by atoms with E-state index in [1.54, 1.807) is 0 Å². The predicted octanol–water partition coefficient (Wildman–Crippen LogP) is -0.966. The van der Waals surface area contributed by atoms with Crippen LogP contribution >= 0.6 is 0 Å². The Labute approximate surface area is 333 Å². The van der Waals surface area contributed by atoms with Gasteiger partial charge in [-0.05, 0) is 100 Å². The highest BCUT2D eigenvalue weighted by molar-refractivity contribution is 6.71. The van der Waals surface area contributed by atoms with E-state index in [0.29, 0.717) is 0 Å². The van der Waals surface area contributed by atoms with Crippen LogP contribution in [0.25, 0.3) is 77.2 Å². The van der Waals surface area contributed by atoms with Crippen molar-refractivity contribution in [3.8, 4) is 55.6 Å². The van der Waals surface area contributed by atoms with Crippen LogP contribution in [-0.4, -0.2) is 62.8 Å². The fourth-order valence-corrected chi connectivity index (χ4v) is 9.90. The van der Waals surface area contributed by atoms with E-state index in [1.807, 2.05) is 0 Å². The van der Waals surface area contributed by atoms with Gasteiger partial charge in [0.25, 0.3) is 0 Å². The van der Waals surface area contributed by atoms with Crippen LogP contribution in [0, 0.1) is 0 Å². The maximum absolute atomic E-state index is 2.47. The smallest absolute Gasteiger partial charge is 0.101 e. The fraction of sp³-hybridized carbons (Fsp3) is 0.0638. The molecule has 0 saturated heterocycles. The first kappa shape index (κ1) is 35.5.